The van der Waals surface area contributed by atoms with Crippen molar-refractivity contribution in [2.75, 3.05) is 13.2 Å². The van der Waals surface area contributed by atoms with E-state index >= 15 is 0 Å². The van der Waals surface area contributed by atoms with E-state index in [0.717, 1.165) is 36.5 Å². The standard InChI is InChI=1S/C27H36FNOSSi/c1-32(2,3)30-20-27(16-7-4-8-17-27)19-25(31)29-18-15-21-9-5-6-10-24(21)26(29)22-11-13-23(28)14-12-22/h5-6,9-14,26H,4,7-8,15-20H2,1-3H3/t26-/m0/s1. The van der Waals surface area contributed by atoms with Crippen LogP contribution >= 0.6 is 12.2 Å². The first-order valence-corrected chi connectivity index (χ1v) is 15.8. The van der Waals surface area contributed by atoms with Crippen LogP contribution < -0.4 is 0 Å². The van der Waals surface area contributed by atoms with E-state index in [4.69, 9.17) is 16.6 Å². The summed E-state index contributed by atoms with van der Waals surface area (Å²) in [5.41, 5.74) is 3.93. The van der Waals surface area contributed by atoms with E-state index in [9.17, 15) is 4.39 Å². The van der Waals surface area contributed by atoms with Gasteiger partial charge in [-0.05, 0) is 73.1 Å². The van der Waals surface area contributed by atoms with Crippen molar-refractivity contribution in [3.05, 3.63) is 71.0 Å². The Morgan fingerprint density at radius 1 is 1.06 bits per heavy atom. The fourth-order valence-electron chi connectivity index (χ4n) is 5.31. The molecule has 1 saturated carbocycles. The molecule has 0 N–H and O–H groups in total. The van der Waals surface area contributed by atoms with Gasteiger partial charge in [0.05, 0.1) is 11.0 Å². The molecule has 1 heterocycles. The highest BCUT2D eigenvalue weighted by Gasteiger charge is 2.38. The predicted molar refractivity (Wildman–Crippen MR) is 137 cm³/mol. The minimum atomic E-state index is -1.59. The Labute approximate surface area is 199 Å². The number of hydrogen-bond donors (Lipinski definition) is 0. The lowest BCUT2D eigenvalue weighted by atomic mass is 9.72. The van der Waals surface area contributed by atoms with Gasteiger partial charge in [-0.25, -0.2) is 4.39 Å². The molecule has 172 valence electrons. The Bertz CT molecular complexity index is 933. The summed E-state index contributed by atoms with van der Waals surface area (Å²) in [6, 6.07) is 15.7. The van der Waals surface area contributed by atoms with Gasteiger partial charge < -0.3 is 9.33 Å². The summed E-state index contributed by atoms with van der Waals surface area (Å²) < 4.78 is 20.2. The number of benzene rings is 2. The summed E-state index contributed by atoms with van der Waals surface area (Å²) in [5.74, 6) is -0.198. The number of nitrogens with zero attached hydrogens (tertiary/aromatic N) is 1. The van der Waals surface area contributed by atoms with Crippen molar-refractivity contribution in [1.29, 1.82) is 0 Å². The number of rotatable bonds is 6. The van der Waals surface area contributed by atoms with Crippen LogP contribution in [0.1, 0.15) is 61.3 Å². The van der Waals surface area contributed by atoms with Crippen molar-refractivity contribution < 1.29 is 8.82 Å². The highest BCUT2D eigenvalue weighted by molar-refractivity contribution is 7.80. The van der Waals surface area contributed by atoms with Gasteiger partial charge in [-0.2, -0.15) is 0 Å². The Morgan fingerprint density at radius 2 is 1.75 bits per heavy atom. The number of thiocarbonyl (C=S) groups is 1. The topological polar surface area (TPSA) is 12.5 Å². The van der Waals surface area contributed by atoms with Crippen molar-refractivity contribution in [2.45, 2.75) is 70.6 Å². The van der Waals surface area contributed by atoms with E-state index in [2.05, 4.69) is 48.8 Å². The molecule has 0 radical (unpaired) electrons. The van der Waals surface area contributed by atoms with Crippen molar-refractivity contribution in [1.82, 2.24) is 4.90 Å². The molecular weight excluding hydrogens is 433 g/mol. The zero-order valence-corrected chi connectivity index (χ0v) is 21.5. The van der Waals surface area contributed by atoms with Gasteiger partial charge in [0.25, 0.3) is 0 Å². The SMILES string of the molecule is C[Si](C)(C)OCC1(CC(=S)N2CCc3ccccc3[C@@H]2c2ccc(F)cc2)CCCCC1. The minimum Gasteiger partial charge on any atom is -0.417 e. The third-order valence-electron chi connectivity index (χ3n) is 7.04. The van der Waals surface area contributed by atoms with Gasteiger partial charge in [0.2, 0.25) is 0 Å². The van der Waals surface area contributed by atoms with E-state index in [1.807, 2.05) is 12.1 Å². The van der Waals surface area contributed by atoms with Crippen LogP contribution in [-0.2, 0) is 10.8 Å². The van der Waals surface area contributed by atoms with Crippen molar-refractivity contribution in [3.63, 3.8) is 0 Å². The fraction of sp³-hybridized carbons (Fsp3) is 0.519. The summed E-state index contributed by atoms with van der Waals surface area (Å²) in [5, 5.41) is 0. The molecule has 1 atom stereocenters. The monoisotopic (exact) mass is 469 g/mol. The summed E-state index contributed by atoms with van der Waals surface area (Å²) >= 11 is 6.17. The van der Waals surface area contributed by atoms with Crippen LogP contribution in [0.25, 0.3) is 0 Å². The van der Waals surface area contributed by atoms with E-state index in [1.54, 1.807) is 12.1 Å². The average Bonchev–Trinajstić information content (AvgIpc) is 2.78. The summed E-state index contributed by atoms with van der Waals surface area (Å²) in [4.78, 5) is 3.45. The third kappa shape index (κ3) is 5.49. The smallest absolute Gasteiger partial charge is 0.183 e. The molecule has 0 spiro atoms. The van der Waals surface area contributed by atoms with Crippen molar-refractivity contribution in [2.24, 2.45) is 5.41 Å². The average molecular weight is 470 g/mol. The summed E-state index contributed by atoms with van der Waals surface area (Å²) in [6.45, 7) is 8.55. The zero-order chi connectivity index (χ0) is 22.8. The number of halogens is 1. The van der Waals surface area contributed by atoms with Gasteiger partial charge in [-0.15, -0.1) is 0 Å². The molecule has 0 amide bonds. The highest BCUT2D eigenvalue weighted by atomic mass is 32.1. The van der Waals surface area contributed by atoms with Crippen LogP contribution in [0.15, 0.2) is 48.5 Å². The largest absolute Gasteiger partial charge is 0.417 e. The molecule has 1 aliphatic carbocycles. The maximum atomic E-state index is 13.7. The molecule has 0 unspecified atom stereocenters. The molecule has 1 aliphatic heterocycles. The van der Waals surface area contributed by atoms with Gasteiger partial charge in [0.1, 0.15) is 5.82 Å². The second kappa shape index (κ2) is 9.74. The van der Waals surface area contributed by atoms with E-state index < -0.39 is 8.32 Å². The normalized spacial score (nSPS) is 20.6. The van der Waals surface area contributed by atoms with E-state index in [1.165, 1.54) is 43.2 Å². The van der Waals surface area contributed by atoms with Crippen LogP contribution in [0.5, 0.6) is 0 Å². The molecule has 4 rings (SSSR count). The highest BCUT2D eigenvalue weighted by Crippen LogP contribution is 2.43. The predicted octanol–water partition coefficient (Wildman–Crippen LogP) is 7.29. The molecule has 2 aromatic rings. The van der Waals surface area contributed by atoms with Gasteiger partial charge >= 0.3 is 0 Å². The molecular formula is C27H36FNOSSi. The van der Waals surface area contributed by atoms with Gasteiger partial charge in [-0.1, -0.05) is 67.9 Å². The van der Waals surface area contributed by atoms with Crippen molar-refractivity contribution >= 4 is 25.5 Å². The molecule has 2 nitrogen and oxygen atoms in total. The van der Waals surface area contributed by atoms with Crippen LogP contribution in [0, 0.1) is 11.2 Å². The first kappa shape index (κ1) is 23.6. The molecule has 2 aliphatic rings. The van der Waals surface area contributed by atoms with Gasteiger partial charge in [-0.3, -0.25) is 0 Å². The second-order valence-corrected chi connectivity index (χ2v) is 15.6. The molecule has 2 aromatic carbocycles. The Kier molecular flexibility index (Phi) is 7.18. The quantitative estimate of drug-likeness (QED) is 0.325. The molecule has 32 heavy (non-hydrogen) atoms. The van der Waals surface area contributed by atoms with Crippen LogP contribution in [-0.4, -0.2) is 31.4 Å². The molecule has 0 bridgehead atoms. The van der Waals surface area contributed by atoms with Gasteiger partial charge in [0.15, 0.2) is 8.32 Å². The first-order valence-electron chi connectivity index (χ1n) is 12.0. The number of fused-ring (bicyclic) bond motifs is 1. The van der Waals surface area contributed by atoms with Crippen molar-refractivity contribution in [3.8, 4) is 0 Å². The zero-order valence-electron chi connectivity index (χ0n) is 19.7. The Hall–Kier alpha value is -1.56. The molecule has 0 saturated heterocycles. The number of hydrogen-bond acceptors (Lipinski definition) is 2. The van der Waals surface area contributed by atoms with Crippen LogP contribution in [0.3, 0.4) is 0 Å². The summed E-state index contributed by atoms with van der Waals surface area (Å²) in [7, 11) is -1.59. The fourth-order valence-corrected chi connectivity index (χ4v) is 6.55. The maximum absolute atomic E-state index is 13.7. The third-order valence-corrected chi connectivity index (χ3v) is 8.43. The Balaban J connectivity index is 1.62. The molecule has 1 fully saturated rings. The lowest BCUT2D eigenvalue weighted by molar-refractivity contribution is 0.0963. The summed E-state index contributed by atoms with van der Waals surface area (Å²) in [6.07, 6.45) is 8.14. The van der Waals surface area contributed by atoms with Crippen LogP contribution in [0.2, 0.25) is 19.6 Å². The molecule has 5 heteroatoms. The maximum Gasteiger partial charge on any atom is 0.183 e. The Morgan fingerprint density at radius 3 is 2.44 bits per heavy atom. The van der Waals surface area contributed by atoms with Crippen LogP contribution in [0.4, 0.5) is 4.39 Å². The van der Waals surface area contributed by atoms with E-state index in [-0.39, 0.29) is 17.3 Å². The lowest BCUT2D eigenvalue weighted by Crippen LogP contribution is -2.44. The lowest BCUT2D eigenvalue weighted by Gasteiger charge is -2.44. The second-order valence-electron chi connectivity index (χ2n) is 10.6. The minimum absolute atomic E-state index is 0.0478. The molecule has 0 aromatic heterocycles. The van der Waals surface area contributed by atoms with Gasteiger partial charge in [0, 0.05) is 19.6 Å². The van der Waals surface area contributed by atoms with E-state index in [0.29, 0.717) is 0 Å². The first-order chi connectivity index (χ1) is 15.3.